The van der Waals surface area contributed by atoms with Crippen molar-refractivity contribution in [3.8, 4) is 5.75 Å². The first-order valence-electron chi connectivity index (χ1n) is 12.3. The number of hydrogen-bond donors (Lipinski definition) is 0. The lowest BCUT2D eigenvalue weighted by atomic mass is 9.91. The smallest absolute Gasteiger partial charge is 0.379 e. The van der Waals surface area contributed by atoms with E-state index in [-0.39, 0.29) is 29.7 Å². The molecule has 206 valence electrons. The molecule has 0 N–H and O–H groups in total. The van der Waals surface area contributed by atoms with Crippen molar-refractivity contribution < 1.29 is 30.6 Å². The third kappa shape index (κ3) is 8.38. The van der Waals surface area contributed by atoms with Crippen molar-refractivity contribution in [3.05, 3.63) is 53.6 Å². The van der Waals surface area contributed by atoms with E-state index in [4.69, 9.17) is 4.18 Å². The average molecular weight is 543 g/mol. The molecule has 0 radical (unpaired) electrons. The monoisotopic (exact) mass is 542 g/mol. The molecule has 0 aliphatic carbocycles. The van der Waals surface area contributed by atoms with E-state index in [2.05, 4.69) is 0 Å². The summed E-state index contributed by atoms with van der Waals surface area (Å²) in [7, 11) is -4.60. The highest BCUT2D eigenvalue weighted by Crippen LogP contribution is 2.33. The molecule has 0 heterocycles. The van der Waals surface area contributed by atoms with Crippen molar-refractivity contribution in [3.63, 3.8) is 0 Å². The standard InChI is InChI=1S/C27H37F3N2O4S/c1-8-31(9-2)22-14-13-20(18-32(19(3)4)25(33)17-26(5,6)7)24(16-22)36-37(34,35)23-12-10-11-21(15-23)27(28,29)30/h10-16,19H,8-9,17-18H2,1-7H3. The zero-order valence-corrected chi connectivity index (χ0v) is 23.3. The first-order chi connectivity index (χ1) is 17.0. The summed E-state index contributed by atoms with van der Waals surface area (Å²) in [6.45, 7) is 14.9. The van der Waals surface area contributed by atoms with Crippen LogP contribution in [0.15, 0.2) is 47.4 Å². The molecule has 37 heavy (non-hydrogen) atoms. The zero-order valence-electron chi connectivity index (χ0n) is 22.5. The Bertz CT molecular complexity index is 1180. The number of benzene rings is 2. The van der Waals surface area contributed by atoms with E-state index in [0.29, 0.717) is 36.8 Å². The fraction of sp³-hybridized carbons (Fsp3) is 0.519. The third-order valence-electron chi connectivity index (χ3n) is 5.79. The van der Waals surface area contributed by atoms with Crippen LogP contribution in [0.5, 0.6) is 5.75 Å². The molecule has 0 aromatic heterocycles. The van der Waals surface area contributed by atoms with Crippen LogP contribution in [0.3, 0.4) is 0 Å². The van der Waals surface area contributed by atoms with Crippen molar-refractivity contribution in [2.45, 2.75) is 78.5 Å². The van der Waals surface area contributed by atoms with Crippen LogP contribution in [0.4, 0.5) is 18.9 Å². The maximum Gasteiger partial charge on any atom is 0.416 e. The Labute approximate surface area is 218 Å². The highest BCUT2D eigenvalue weighted by atomic mass is 32.2. The minimum absolute atomic E-state index is 0.0315. The van der Waals surface area contributed by atoms with E-state index in [0.717, 1.165) is 18.2 Å². The molecular formula is C27H37F3N2O4S. The SMILES string of the molecule is CCN(CC)c1ccc(CN(C(=O)CC(C)(C)C)C(C)C)c(OS(=O)(=O)c2cccc(C(F)(F)F)c2)c1. The topological polar surface area (TPSA) is 66.9 Å². The van der Waals surface area contributed by atoms with Crippen LogP contribution in [-0.4, -0.2) is 38.4 Å². The Hall–Kier alpha value is -2.75. The van der Waals surface area contributed by atoms with E-state index in [1.54, 1.807) is 17.0 Å². The molecule has 1 amide bonds. The van der Waals surface area contributed by atoms with Crippen molar-refractivity contribution in [1.82, 2.24) is 4.90 Å². The highest BCUT2D eigenvalue weighted by molar-refractivity contribution is 7.87. The quantitative estimate of drug-likeness (QED) is 0.321. The minimum atomic E-state index is -4.70. The molecule has 2 aromatic rings. The van der Waals surface area contributed by atoms with Crippen LogP contribution in [0.25, 0.3) is 0 Å². The van der Waals surface area contributed by atoms with Crippen LogP contribution in [-0.2, 0) is 27.6 Å². The van der Waals surface area contributed by atoms with Crippen molar-refractivity contribution in [2.24, 2.45) is 5.41 Å². The van der Waals surface area contributed by atoms with Crippen molar-refractivity contribution in [2.75, 3.05) is 18.0 Å². The highest BCUT2D eigenvalue weighted by Gasteiger charge is 2.32. The van der Waals surface area contributed by atoms with Gasteiger partial charge in [0.15, 0.2) is 0 Å². The van der Waals surface area contributed by atoms with Crippen LogP contribution in [0, 0.1) is 5.41 Å². The molecule has 0 spiro atoms. The number of carbonyl (C=O) groups excluding carboxylic acids is 1. The summed E-state index contributed by atoms with van der Waals surface area (Å²) in [5.41, 5.74) is -0.209. The summed E-state index contributed by atoms with van der Waals surface area (Å²) in [6.07, 6.45) is -4.41. The van der Waals surface area contributed by atoms with Crippen molar-refractivity contribution in [1.29, 1.82) is 0 Å². The molecule has 2 aromatic carbocycles. The predicted octanol–water partition coefficient (Wildman–Crippen LogP) is 6.49. The second-order valence-electron chi connectivity index (χ2n) is 10.4. The number of nitrogens with zero attached hydrogens (tertiary/aromatic N) is 2. The van der Waals surface area contributed by atoms with Gasteiger partial charge in [-0.05, 0) is 57.4 Å². The molecule has 0 unspecified atom stereocenters. The van der Waals surface area contributed by atoms with Gasteiger partial charge in [-0.15, -0.1) is 0 Å². The molecule has 0 saturated heterocycles. The van der Waals surface area contributed by atoms with Crippen LogP contribution < -0.4 is 9.08 Å². The molecule has 0 saturated carbocycles. The zero-order chi connectivity index (χ0) is 28.2. The van der Waals surface area contributed by atoms with Gasteiger partial charge in [-0.2, -0.15) is 21.6 Å². The van der Waals surface area contributed by atoms with E-state index >= 15 is 0 Å². The van der Waals surface area contributed by atoms with Crippen LogP contribution in [0.1, 0.15) is 66.0 Å². The number of anilines is 1. The first kappa shape index (κ1) is 30.5. The van der Waals surface area contributed by atoms with Gasteiger partial charge in [0.05, 0.1) is 5.56 Å². The van der Waals surface area contributed by atoms with Gasteiger partial charge in [-0.3, -0.25) is 4.79 Å². The second-order valence-corrected chi connectivity index (χ2v) is 11.9. The molecular weight excluding hydrogens is 505 g/mol. The normalized spacial score (nSPS) is 12.5. The number of carbonyl (C=O) groups is 1. The van der Waals surface area contributed by atoms with Gasteiger partial charge in [0.2, 0.25) is 5.91 Å². The lowest BCUT2D eigenvalue weighted by Gasteiger charge is -2.31. The van der Waals surface area contributed by atoms with Gasteiger partial charge in [0.1, 0.15) is 10.6 Å². The van der Waals surface area contributed by atoms with E-state index in [1.165, 1.54) is 0 Å². The summed E-state index contributed by atoms with van der Waals surface area (Å²) in [5.74, 6) is -0.127. The summed E-state index contributed by atoms with van der Waals surface area (Å²) in [4.78, 5) is 16.1. The van der Waals surface area contributed by atoms with Gasteiger partial charge in [-0.1, -0.05) is 32.9 Å². The number of hydrogen-bond acceptors (Lipinski definition) is 5. The molecule has 0 aliphatic rings. The molecule has 0 aliphatic heterocycles. The number of rotatable bonds is 10. The van der Waals surface area contributed by atoms with Crippen LogP contribution >= 0.6 is 0 Å². The Morgan fingerprint density at radius 3 is 2.14 bits per heavy atom. The lowest BCUT2D eigenvalue weighted by Crippen LogP contribution is -2.38. The third-order valence-corrected chi connectivity index (χ3v) is 7.03. The molecule has 6 nitrogen and oxygen atoms in total. The number of amides is 1. The van der Waals surface area contributed by atoms with E-state index in [9.17, 15) is 26.4 Å². The van der Waals surface area contributed by atoms with E-state index < -0.39 is 26.8 Å². The number of alkyl halides is 3. The second kappa shape index (κ2) is 11.8. The predicted molar refractivity (Wildman–Crippen MR) is 139 cm³/mol. The number of halogens is 3. The van der Waals surface area contributed by atoms with Crippen LogP contribution in [0.2, 0.25) is 0 Å². The molecule has 10 heteroatoms. The minimum Gasteiger partial charge on any atom is -0.379 e. The Morgan fingerprint density at radius 1 is 1.00 bits per heavy atom. The van der Waals surface area contributed by atoms with Crippen molar-refractivity contribution >= 4 is 21.7 Å². The lowest BCUT2D eigenvalue weighted by molar-refractivity contribution is -0.138. The van der Waals surface area contributed by atoms with E-state index in [1.807, 2.05) is 59.4 Å². The van der Waals surface area contributed by atoms with Gasteiger partial charge < -0.3 is 14.0 Å². The van der Waals surface area contributed by atoms with Gasteiger partial charge in [0.25, 0.3) is 0 Å². The fourth-order valence-corrected chi connectivity index (χ4v) is 4.83. The largest absolute Gasteiger partial charge is 0.416 e. The Balaban J connectivity index is 2.55. The molecule has 0 bridgehead atoms. The van der Waals surface area contributed by atoms with Gasteiger partial charge in [0, 0.05) is 49.4 Å². The molecule has 2 rings (SSSR count). The maximum absolute atomic E-state index is 13.2. The van der Waals surface area contributed by atoms with Gasteiger partial charge in [-0.25, -0.2) is 0 Å². The summed E-state index contributed by atoms with van der Waals surface area (Å²) in [6, 6.07) is 8.33. The molecule has 0 atom stereocenters. The molecule has 0 fully saturated rings. The Kier molecular flexibility index (Phi) is 9.68. The first-order valence-corrected chi connectivity index (χ1v) is 13.7. The fourth-order valence-electron chi connectivity index (χ4n) is 3.83. The average Bonchev–Trinajstić information content (AvgIpc) is 2.77. The maximum atomic E-state index is 13.2. The summed E-state index contributed by atoms with van der Waals surface area (Å²) in [5, 5.41) is 0. The van der Waals surface area contributed by atoms with Gasteiger partial charge >= 0.3 is 16.3 Å². The summed E-state index contributed by atoms with van der Waals surface area (Å²) < 4.78 is 71.3. The summed E-state index contributed by atoms with van der Waals surface area (Å²) >= 11 is 0. The Morgan fingerprint density at radius 2 is 1.62 bits per heavy atom.